The van der Waals surface area contributed by atoms with Crippen LogP contribution in [0.1, 0.15) is 225 Å². The number of hydrogen-bond acceptors (Lipinski definition) is 4. The standard InChI is InChI=1S/C50H84O4/c1-4-7-10-13-16-19-22-25-28-31-40-52-48-43-46(35-34-45-36-38-47(51)39-37-45)44-49(53-41-32-29-26-23-20-17-14-11-8-5-2)50(48)54-42-33-30-27-24-21-18-15-12-9-6-3/h34-39,43-44,51H,4-33,40-42H2,1-3H3/b35-34+. The fourth-order valence-corrected chi connectivity index (χ4v) is 7.13. The highest BCUT2D eigenvalue weighted by molar-refractivity contribution is 5.73. The van der Waals surface area contributed by atoms with Crippen molar-refractivity contribution in [2.24, 2.45) is 0 Å². The summed E-state index contributed by atoms with van der Waals surface area (Å²) in [6.45, 7) is 8.92. The number of rotatable bonds is 38. The van der Waals surface area contributed by atoms with Crippen LogP contribution in [0.3, 0.4) is 0 Å². The first-order chi connectivity index (χ1) is 26.7. The lowest BCUT2D eigenvalue weighted by Gasteiger charge is -2.18. The molecule has 4 nitrogen and oxygen atoms in total. The summed E-state index contributed by atoms with van der Waals surface area (Å²) in [6, 6.07) is 11.6. The fraction of sp³-hybridized carbons (Fsp3) is 0.720. The third-order valence-corrected chi connectivity index (χ3v) is 10.7. The first-order valence-electron chi connectivity index (χ1n) is 23.2. The molecule has 0 heterocycles. The lowest BCUT2D eigenvalue weighted by molar-refractivity contribution is 0.234. The van der Waals surface area contributed by atoms with Gasteiger partial charge in [0.15, 0.2) is 11.5 Å². The van der Waals surface area contributed by atoms with Gasteiger partial charge >= 0.3 is 0 Å². The molecule has 0 radical (unpaired) electrons. The van der Waals surface area contributed by atoms with Gasteiger partial charge in [-0.3, -0.25) is 0 Å². The minimum Gasteiger partial charge on any atom is -0.508 e. The Morgan fingerprint density at radius 2 is 0.667 bits per heavy atom. The first-order valence-corrected chi connectivity index (χ1v) is 23.2. The van der Waals surface area contributed by atoms with E-state index in [0.717, 1.165) is 47.6 Å². The van der Waals surface area contributed by atoms with Crippen LogP contribution >= 0.6 is 0 Å². The van der Waals surface area contributed by atoms with Gasteiger partial charge in [0, 0.05) is 0 Å². The smallest absolute Gasteiger partial charge is 0.203 e. The van der Waals surface area contributed by atoms with E-state index >= 15 is 0 Å². The van der Waals surface area contributed by atoms with Crippen molar-refractivity contribution in [2.75, 3.05) is 19.8 Å². The predicted octanol–water partition coefficient (Wildman–Crippen LogP) is 16.5. The first kappa shape index (κ1) is 47.5. The molecule has 0 aromatic heterocycles. The van der Waals surface area contributed by atoms with Crippen molar-refractivity contribution in [3.8, 4) is 23.0 Å². The van der Waals surface area contributed by atoms with Gasteiger partial charge in [-0.1, -0.05) is 218 Å². The molecule has 0 saturated carbocycles. The zero-order chi connectivity index (χ0) is 38.6. The summed E-state index contributed by atoms with van der Waals surface area (Å²) in [4.78, 5) is 0. The molecule has 0 fully saturated rings. The molecule has 54 heavy (non-hydrogen) atoms. The summed E-state index contributed by atoms with van der Waals surface area (Å²) in [5.74, 6) is 2.64. The third kappa shape index (κ3) is 25.5. The number of phenolic OH excluding ortho intramolecular Hbond substituents is 1. The molecule has 4 heteroatoms. The monoisotopic (exact) mass is 749 g/mol. The van der Waals surface area contributed by atoms with Gasteiger partial charge in [0.05, 0.1) is 19.8 Å². The molecule has 308 valence electrons. The maximum Gasteiger partial charge on any atom is 0.203 e. The van der Waals surface area contributed by atoms with Gasteiger partial charge < -0.3 is 19.3 Å². The number of ether oxygens (including phenoxy) is 3. The van der Waals surface area contributed by atoms with Gasteiger partial charge in [0.1, 0.15) is 5.75 Å². The summed E-state index contributed by atoms with van der Waals surface area (Å²) in [5, 5.41) is 9.76. The van der Waals surface area contributed by atoms with Gasteiger partial charge in [-0.05, 0) is 54.7 Å². The molecular formula is C50H84O4. The number of unbranched alkanes of at least 4 members (excludes halogenated alkanes) is 27. The van der Waals surface area contributed by atoms with Crippen LogP contribution in [-0.4, -0.2) is 24.9 Å². The van der Waals surface area contributed by atoms with Crippen molar-refractivity contribution in [2.45, 2.75) is 213 Å². The molecule has 0 spiro atoms. The molecule has 0 amide bonds. The quantitative estimate of drug-likeness (QED) is 0.0549. The molecule has 1 N–H and O–H groups in total. The largest absolute Gasteiger partial charge is 0.508 e. The molecule has 2 aromatic rings. The zero-order valence-electron chi connectivity index (χ0n) is 35.6. The van der Waals surface area contributed by atoms with Gasteiger partial charge in [-0.15, -0.1) is 0 Å². The number of aromatic hydroxyl groups is 1. The summed E-state index contributed by atoms with van der Waals surface area (Å²) in [7, 11) is 0. The van der Waals surface area contributed by atoms with Crippen LogP contribution in [-0.2, 0) is 0 Å². The van der Waals surface area contributed by atoms with Crippen LogP contribution in [0, 0.1) is 0 Å². The molecular weight excluding hydrogens is 665 g/mol. The molecule has 0 aliphatic carbocycles. The van der Waals surface area contributed by atoms with E-state index in [1.54, 1.807) is 12.1 Å². The second-order valence-corrected chi connectivity index (χ2v) is 15.9. The van der Waals surface area contributed by atoms with E-state index in [4.69, 9.17) is 14.2 Å². The lowest BCUT2D eigenvalue weighted by atomic mass is 10.1. The van der Waals surface area contributed by atoms with E-state index in [-0.39, 0.29) is 5.75 Å². The summed E-state index contributed by atoms with van der Waals surface area (Å²) in [5.41, 5.74) is 2.07. The van der Waals surface area contributed by atoms with Gasteiger partial charge in [0.25, 0.3) is 0 Å². The third-order valence-electron chi connectivity index (χ3n) is 10.7. The normalized spacial score (nSPS) is 11.5. The Bertz CT molecular complexity index is 1090. The van der Waals surface area contributed by atoms with E-state index in [9.17, 15) is 5.11 Å². The Balaban J connectivity index is 2.02. The van der Waals surface area contributed by atoms with Crippen LogP contribution in [0.2, 0.25) is 0 Å². The van der Waals surface area contributed by atoms with E-state index in [2.05, 4.69) is 45.1 Å². The molecule has 0 aliphatic heterocycles. The number of benzene rings is 2. The van der Waals surface area contributed by atoms with Crippen LogP contribution in [0.25, 0.3) is 12.2 Å². The Kier molecular flexibility index (Phi) is 30.7. The highest BCUT2D eigenvalue weighted by atomic mass is 16.5. The van der Waals surface area contributed by atoms with Crippen LogP contribution in [0.4, 0.5) is 0 Å². The minimum absolute atomic E-state index is 0.279. The maximum atomic E-state index is 9.76. The predicted molar refractivity (Wildman–Crippen MR) is 235 cm³/mol. The van der Waals surface area contributed by atoms with Crippen molar-refractivity contribution in [3.63, 3.8) is 0 Å². The van der Waals surface area contributed by atoms with Gasteiger partial charge in [-0.25, -0.2) is 0 Å². The summed E-state index contributed by atoms with van der Waals surface area (Å²) in [6.07, 6.45) is 43.4. The van der Waals surface area contributed by atoms with E-state index in [1.165, 1.54) is 173 Å². The van der Waals surface area contributed by atoms with Crippen molar-refractivity contribution >= 4 is 12.2 Å². The topological polar surface area (TPSA) is 47.9 Å². The molecule has 2 aromatic carbocycles. The minimum atomic E-state index is 0.279. The number of phenols is 1. The second-order valence-electron chi connectivity index (χ2n) is 15.9. The molecule has 0 saturated heterocycles. The van der Waals surface area contributed by atoms with Crippen molar-refractivity contribution in [3.05, 3.63) is 47.5 Å². The maximum absolute atomic E-state index is 9.76. The zero-order valence-corrected chi connectivity index (χ0v) is 35.6. The lowest BCUT2D eigenvalue weighted by Crippen LogP contribution is -2.07. The molecule has 0 unspecified atom stereocenters. The Hall–Kier alpha value is -2.62. The number of hydrogen-bond donors (Lipinski definition) is 1. The Labute approximate surface area is 334 Å². The van der Waals surface area contributed by atoms with Crippen LogP contribution in [0.5, 0.6) is 23.0 Å². The van der Waals surface area contributed by atoms with Crippen molar-refractivity contribution in [1.82, 2.24) is 0 Å². The molecule has 0 bridgehead atoms. The van der Waals surface area contributed by atoms with Crippen LogP contribution in [0.15, 0.2) is 36.4 Å². The fourth-order valence-electron chi connectivity index (χ4n) is 7.13. The average molecular weight is 749 g/mol. The molecule has 2 rings (SSSR count). The van der Waals surface area contributed by atoms with E-state index in [0.29, 0.717) is 19.8 Å². The highest BCUT2D eigenvalue weighted by Gasteiger charge is 2.16. The highest BCUT2D eigenvalue weighted by Crippen LogP contribution is 2.40. The van der Waals surface area contributed by atoms with E-state index in [1.807, 2.05) is 12.1 Å². The average Bonchev–Trinajstić information content (AvgIpc) is 3.18. The summed E-state index contributed by atoms with van der Waals surface area (Å²) >= 11 is 0. The summed E-state index contributed by atoms with van der Waals surface area (Å²) < 4.78 is 19.7. The van der Waals surface area contributed by atoms with Crippen molar-refractivity contribution < 1.29 is 19.3 Å². The molecule has 0 aliphatic rings. The Morgan fingerprint density at radius 3 is 1.02 bits per heavy atom. The van der Waals surface area contributed by atoms with Crippen molar-refractivity contribution in [1.29, 1.82) is 0 Å². The molecule has 0 atom stereocenters. The Morgan fingerprint density at radius 1 is 0.370 bits per heavy atom. The van der Waals surface area contributed by atoms with E-state index < -0.39 is 0 Å². The van der Waals surface area contributed by atoms with Gasteiger partial charge in [0.2, 0.25) is 5.75 Å². The SMILES string of the molecule is CCCCCCCCCCCCOc1cc(/C=C/c2ccc(O)cc2)cc(OCCCCCCCCCCCC)c1OCCCCCCCCCCCC. The second kappa shape index (κ2) is 34.8. The van der Waals surface area contributed by atoms with Gasteiger partial charge in [-0.2, -0.15) is 0 Å². The van der Waals surface area contributed by atoms with Crippen LogP contribution < -0.4 is 14.2 Å².